The van der Waals surface area contributed by atoms with E-state index in [0.29, 0.717) is 0 Å². The van der Waals surface area contributed by atoms with Gasteiger partial charge in [-0.05, 0) is 19.4 Å². The zero-order chi connectivity index (χ0) is 9.68. The largest absolute Gasteiger partial charge is 0.302 e. The molecule has 1 heteroatoms. The van der Waals surface area contributed by atoms with Crippen LogP contribution >= 0.6 is 0 Å². The number of benzene rings is 1. The number of carbonyl (C=O) groups is 1. The molecule has 68 valence electrons. The summed E-state index contributed by atoms with van der Waals surface area (Å²) in [6.07, 6.45) is 2.97. The molecule has 1 aromatic carbocycles. The van der Waals surface area contributed by atoms with Crippen LogP contribution in [0.25, 0.3) is 0 Å². The minimum atomic E-state index is -0.0776. The predicted octanol–water partition coefficient (Wildman–Crippen LogP) is 2.94. The lowest BCUT2D eigenvalue weighted by atomic mass is 9.93. The summed E-state index contributed by atoms with van der Waals surface area (Å²) in [5, 5.41) is 0. The van der Waals surface area contributed by atoms with E-state index in [1.54, 1.807) is 0 Å². The minimum Gasteiger partial charge on any atom is -0.302 e. The number of aldehydes is 1. The first kappa shape index (κ1) is 9.72. The van der Waals surface area contributed by atoms with E-state index in [-0.39, 0.29) is 5.92 Å². The first-order valence-electron chi connectivity index (χ1n) is 4.42. The molecule has 0 bridgehead atoms. The van der Waals surface area contributed by atoms with E-state index < -0.39 is 0 Å². The Bertz CT molecular complexity index is 298. The lowest BCUT2D eigenvalue weighted by Gasteiger charge is -2.10. The van der Waals surface area contributed by atoms with Crippen molar-refractivity contribution < 1.29 is 4.79 Å². The third-order valence-electron chi connectivity index (χ3n) is 2.24. The van der Waals surface area contributed by atoms with Crippen LogP contribution in [0.2, 0.25) is 0 Å². The second kappa shape index (κ2) is 4.61. The first-order chi connectivity index (χ1) is 6.29. The second-order valence-electron chi connectivity index (χ2n) is 3.06. The van der Waals surface area contributed by atoms with Gasteiger partial charge in [0.1, 0.15) is 6.29 Å². The molecule has 1 unspecified atom stereocenters. The highest BCUT2D eigenvalue weighted by Gasteiger charge is 2.10. The van der Waals surface area contributed by atoms with Crippen molar-refractivity contribution in [3.8, 4) is 0 Å². The molecule has 0 saturated heterocycles. The van der Waals surface area contributed by atoms with Crippen LogP contribution in [0.4, 0.5) is 0 Å². The quantitative estimate of drug-likeness (QED) is 0.508. The van der Waals surface area contributed by atoms with Crippen molar-refractivity contribution in [2.24, 2.45) is 0 Å². The van der Waals surface area contributed by atoms with Crippen LogP contribution in [-0.2, 0) is 4.79 Å². The van der Waals surface area contributed by atoms with Crippen molar-refractivity contribution >= 4 is 6.29 Å². The molecule has 0 heterocycles. The highest BCUT2D eigenvalue weighted by atomic mass is 16.1. The molecule has 0 radical (unpaired) electrons. The van der Waals surface area contributed by atoms with Crippen molar-refractivity contribution in [3.05, 3.63) is 47.5 Å². The number of hydrogen-bond acceptors (Lipinski definition) is 1. The van der Waals surface area contributed by atoms with Crippen LogP contribution in [-0.4, -0.2) is 6.29 Å². The van der Waals surface area contributed by atoms with Crippen LogP contribution < -0.4 is 0 Å². The van der Waals surface area contributed by atoms with E-state index >= 15 is 0 Å². The van der Waals surface area contributed by atoms with Gasteiger partial charge in [-0.25, -0.2) is 0 Å². The summed E-state index contributed by atoms with van der Waals surface area (Å²) in [6, 6.07) is 9.82. The van der Waals surface area contributed by atoms with Gasteiger partial charge >= 0.3 is 0 Å². The first-order valence-corrected chi connectivity index (χ1v) is 4.42. The van der Waals surface area contributed by atoms with E-state index in [1.165, 1.54) is 0 Å². The Labute approximate surface area is 79.1 Å². The van der Waals surface area contributed by atoms with Gasteiger partial charge in [0.05, 0.1) is 5.92 Å². The Hall–Kier alpha value is -1.37. The van der Waals surface area contributed by atoms with Crippen molar-refractivity contribution in [1.29, 1.82) is 0 Å². The van der Waals surface area contributed by atoms with Crippen molar-refractivity contribution in [1.82, 2.24) is 0 Å². The molecule has 1 rings (SSSR count). The molecule has 0 spiro atoms. The summed E-state index contributed by atoms with van der Waals surface area (Å²) in [7, 11) is 0. The fourth-order valence-corrected chi connectivity index (χ4v) is 1.29. The zero-order valence-electron chi connectivity index (χ0n) is 8.03. The fraction of sp³-hybridized carbons (Fsp3) is 0.250. The highest BCUT2D eigenvalue weighted by molar-refractivity contribution is 5.67. The average molecular weight is 174 g/mol. The average Bonchev–Trinajstić information content (AvgIpc) is 2.20. The van der Waals surface area contributed by atoms with Gasteiger partial charge in [-0.1, -0.05) is 42.0 Å². The fourth-order valence-electron chi connectivity index (χ4n) is 1.29. The Morgan fingerprint density at radius 1 is 1.31 bits per heavy atom. The molecule has 0 aliphatic rings. The summed E-state index contributed by atoms with van der Waals surface area (Å²) in [5.74, 6) is -0.0776. The Morgan fingerprint density at radius 2 is 1.92 bits per heavy atom. The molecule has 0 aliphatic carbocycles. The smallest absolute Gasteiger partial charge is 0.131 e. The van der Waals surface area contributed by atoms with Crippen LogP contribution in [0.15, 0.2) is 42.0 Å². The van der Waals surface area contributed by atoms with Gasteiger partial charge in [0, 0.05) is 0 Å². The van der Waals surface area contributed by atoms with Gasteiger partial charge in [-0.15, -0.1) is 0 Å². The lowest BCUT2D eigenvalue weighted by molar-refractivity contribution is -0.108. The number of carbonyl (C=O) groups excluding carboxylic acids is 1. The molecule has 0 aliphatic heterocycles. The Balaban J connectivity index is 2.98. The van der Waals surface area contributed by atoms with E-state index in [1.807, 2.05) is 50.3 Å². The predicted molar refractivity (Wildman–Crippen MR) is 54.7 cm³/mol. The van der Waals surface area contributed by atoms with Crippen LogP contribution in [0.5, 0.6) is 0 Å². The van der Waals surface area contributed by atoms with Gasteiger partial charge in [-0.3, -0.25) is 0 Å². The minimum absolute atomic E-state index is 0.0776. The molecule has 1 nitrogen and oxygen atoms in total. The second-order valence-corrected chi connectivity index (χ2v) is 3.06. The van der Waals surface area contributed by atoms with Gasteiger partial charge in [0.15, 0.2) is 0 Å². The molecule has 0 amide bonds. The van der Waals surface area contributed by atoms with Crippen molar-refractivity contribution in [2.45, 2.75) is 19.8 Å². The van der Waals surface area contributed by atoms with Crippen molar-refractivity contribution in [3.63, 3.8) is 0 Å². The Kier molecular flexibility index (Phi) is 3.44. The van der Waals surface area contributed by atoms with Crippen molar-refractivity contribution in [2.75, 3.05) is 0 Å². The summed E-state index contributed by atoms with van der Waals surface area (Å²) in [5.41, 5.74) is 2.16. The SMILES string of the molecule is C/C=C(\C)C(C=O)c1ccccc1. The third-order valence-corrected chi connectivity index (χ3v) is 2.24. The summed E-state index contributed by atoms with van der Waals surface area (Å²) in [4.78, 5) is 10.9. The summed E-state index contributed by atoms with van der Waals surface area (Å²) < 4.78 is 0. The molecule has 1 atom stereocenters. The molecule has 1 aromatic rings. The normalized spacial score (nSPS) is 13.8. The number of hydrogen-bond donors (Lipinski definition) is 0. The molecule has 0 N–H and O–H groups in total. The lowest BCUT2D eigenvalue weighted by Crippen LogP contribution is -2.01. The van der Waals surface area contributed by atoms with E-state index in [9.17, 15) is 4.79 Å². The topological polar surface area (TPSA) is 17.1 Å². The highest BCUT2D eigenvalue weighted by Crippen LogP contribution is 2.20. The molecule has 0 saturated carbocycles. The maximum absolute atomic E-state index is 10.9. The van der Waals surface area contributed by atoms with E-state index in [4.69, 9.17) is 0 Å². The summed E-state index contributed by atoms with van der Waals surface area (Å²) >= 11 is 0. The van der Waals surface area contributed by atoms with Crippen LogP contribution in [0, 0.1) is 0 Å². The number of allylic oxidation sites excluding steroid dienone is 2. The Morgan fingerprint density at radius 3 is 2.38 bits per heavy atom. The molecular weight excluding hydrogens is 160 g/mol. The molecule has 13 heavy (non-hydrogen) atoms. The monoisotopic (exact) mass is 174 g/mol. The summed E-state index contributed by atoms with van der Waals surface area (Å²) in [6.45, 7) is 3.93. The molecule has 0 fully saturated rings. The zero-order valence-corrected chi connectivity index (χ0v) is 8.03. The van der Waals surface area contributed by atoms with Gasteiger partial charge in [0.2, 0.25) is 0 Å². The maximum atomic E-state index is 10.9. The van der Waals surface area contributed by atoms with E-state index in [2.05, 4.69) is 0 Å². The van der Waals surface area contributed by atoms with Crippen LogP contribution in [0.1, 0.15) is 25.3 Å². The molecule has 0 aromatic heterocycles. The van der Waals surface area contributed by atoms with E-state index in [0.717, 1.165) is 17.4 Å². The standard InChI is InChI=1S/C12H14O/c1-3-10(2)12(9-13)11-7-5-4-6-8-11/h3-9,12H,1-2H3/b10-3+. The van der Waals surface area contributed by atoms with Gasteiger partial charge < -0.3 is 4.79 Å². The van der Waals surface area contributed by atoms with Gasteiger partial charge in [-0.2, -0.15) is 0 Å². The molecular formula is C12H14O. The van der Waals surface area contributed by atoms with Crippen LogP contribution in [0.3, 0.4) is 0 Å². The maximum Gasteiger partial charge on any atom is 0.131 e. The number of rotatable bonds is 3. The third kappa shape index (κ3) is 2.28. The van der Waals surface area contributed by atoms with Gasteiger partial charge in [0.25, 0.3) is 0 Å².